The van der Waals surface area contributed by atoms with Gasteiger partial charge in [0.15, 0.2) is 0 Å². The Balaban J connectivity index is 2.23. The molecule has 0 aromatic carbocycles. The van der Waals surface area contributed by atoms with Crippen LogP contribution in [0.2, 0.25) is 0 Å². The maximum absolute atomic E-state index is 9.05. The number of aryl methyl sites for hydroxylation is 1. The van der Waals surface area contributed by atoms with Gasteiger partial charge in [0.25, 0.3) is 0 Å². The normalized spacial score (nSPS) is 22.2. The lowest BCUT2D eigenvalue weighted by Gasteiger charge is -2.38. The molecule has 0 aliphatic carbocycles. The van der Waals surface area contributed by atoms with Crippen molar-refractivity contribution >= 4 is 0 Å². The lowest BCUT2D eigenvalue weighted by atomic mass is 9.82. The summed E-state index contributed by atoms with van der Waals surface area (Å²) in [6.45, 7) is 7.94. The van der Waals surface area contributed by atoms with E-state index >= 15 is 0 Å². The van der Waals surface area contributed by atoms with Crippen LogP contribution in [0, 0.1) is 23.7 Å². The molecule has 1 aliphatic rings. The van der Waals surface area contributed by atoms with Gasteiger partial charge in [-0.15, -0.1) is 0 Å². The van der Waals surface area contributed by atoms with Gasteiger partial charge in [-0.3, -0.25) is 0 Å². The highest BCUT2D eigenvalue weighted by Gasteiger charge is 2.34. The molecule has 0 amide bonds. The highest BCUT2D eigenvalue weighted by Crippen LogP contribution is 2.29. The molecule has 1 aromatic rings. The lowest BCUT2D eigenvalue weighted by Crippen LogP contribution is -2.49. The number of ether oxygens (including phenoxy) is 1. The maximum atomic E-state index is 9.05. The first-order valence-corrected chi connectivity index (χ1v) is 6.14. The molecule has 5 nitrogen and oxygen atoms in total. The summed E-state index contributed by atoms with van der Waals surface area (Å²) in [6, 6.07) is 2.07. The number of rotatable bonds is 2. The van der Waals surface area contributed by atoms with E-state index in [0.717, 1.165) is 19.5 Å². The second-order valence-corrected chi connectivity index (χ2v) is 5.31. The summed E-state index contributed by atoms with van der Waals surface area (Å²) < 4.78 is 5.96. The average molecular weight is 246 g/mol. The van der Waals surface area contributed by atoms with Gasteiger partial charge in [-0.1, -0.05) is 13.8 Å². The predicted octanol–water partition coefficient (Wildman–Crippen LogP) is 1.42. The molecule has 5 heteroatoms. The zero-order valence-electron chi connectivity index (χ0n) is 11.0. The summed E-state index contributed by atoms with van der Waals surface area (Å²) in [4.78, 5) is 8.24. The molecular formula is C13H18N4O. The SMILES string of the molecule is Cc1ncc(C#N)c(OC2CCNCC2(C)C)n1. The summed E-state index contributed by atoms with van der Waals surface area (Å²) in [5.74, 6) is 1.03. The third-order valence-electron chi connectivity index (χ3n) is 3.28. The van der Waals surface area contributed by atoms with Gasteiger partial charge in [-0.25, -0.2) is 4.98 Å². The highest BCUT2D eigenvalue weighted by molar-refractivity contribution is 5.35. The molecule has 0 saturated carbocycles. The largest absolute Gasteiger partial charge is 0.473 e. The van der Waals surface area contributed by atoms with Crippen molar-refractivity contribution in [2.45, 2.75) is 33.3 Å². The van der Waals surface area contributed by atoms with E-state index in [-0.39, 0.29) is 11.5 Å². The van der Waals surface area contributed by atoms with Gasteiger partial charge in [-0.2, -0.15) is 10.2 Å². The summed E-state index contributed by atoms with van der Waals surface area (Å²) in [7, 11) is 0. The van der Waals surface area contributed by atoms with Crippen molar-refractivity contribution in [3.63, 3.8) is 0 Å². The molecule has 1 fully saturated rings. The van der Waals surface area contributed by atoms with Crippen molar-refractivity contribution in [2.75, 3.05) is 13.1 Å². The minimum absolute atomic E-state index is 0.0316. The number of hydrogen-bond acceptors (Lipinski definition) is 5. The Morgan fingerprint density at radius 1 is 1.56 bits per heavy atom. The van der Waals surface area contributed by atoms with Crippen molar-refractivity contribution in [1.29, 1.82) is 5.26 Å². The molecule has 1 saturated heterocycles. The van der Waals surface area contributed by atoms with E-state index in [1.54, 1.807) is 6.92 Å². The van der Waals surface area contributed by atoms with Crippen molar-refractivity contribution in [2.24, 2.45) is 5.41 Å². The first-order chi connectivity index (χ1) is 8.53. The molecule has 0 bridgehead atoms. The second-order valence-electron chi connectivity index (χ2n) is 5.31. The zero-order valence-corrected chi connectivity index (χ0v) is 11.0. The fourth-order valence-electron chi connectivity index (χ4n) is 2.12. The summed E-state index contributed by atoms with van der Waals surface area (Å²) in [5, 5.41) is 12.4. The van der Waals surface area contributed by atoms with Gasteiger partial charge >= 0.3 is 0 Å². The van der Waals surface area contributed by atoms with Crippen LogP contribution in [0.15, 0.2) is 6.20 Å². The predicted molar refractivity (Wildman–Crippen MR) is 67.2 cm³/mol. The van der Waals surface area contributed by atoms with Crippen LogP contribution in [-0.4, -0.2) is 29.2 Å². The Labute approximate surface area is 107 Å². The minimum Gasteiger partial charge on any atom is -0.473 e. The molecule has 1 aliphatic heterocycles. The van der Waals surface area contributed by atoms with Crippen molar-refractivity contribution in [1.82, 2.24) is 15.3 Å². The van der Waals surface area contributed by atoms with Gasteiger partial charge < -0.3 is 10.1 Å². The van der Waals surface area contributed by atoms with Gasteiger partial charge in [0.2, 0.25) is 5.88 Å². The van der Waals surface area contributed by atoms with E-state index in [1.807, 2.05) is 0 Å². The molecule has 96 valence electrons. The fourth-order valence-corrected chi connectivity index (χ4v) is 2.12. The van der Waals surface area contributed by atoms with Crippen LogP contribution in [0.25, 0.3) is 0 Å². The van der Waals surface area contributed by atoms with E-state index in [2.05, 4.69) is 35.2 Å². The summed E-state index contributed by atoms with van der Waals surface area (Å²) in [5.41, 5.74) is 0.430. The van der Waals surface area contributed by atoms with Crippen LogP contribution in [0.3, 0.4) is 0 Å². The van der Waals surface area contributed by atoms with Crippen LogP contribution in [0.1, 0.15) is 31.7 Å². The van der Waals surface area contributed by atoms with Crippen LogP contribution in [0.5, 0.6) is 5.88 Å². The van der Waals surface area contributed by atoms with Crippen molar-refractivity contribution in [3.05, 3.63) is 17.6 Å². The van der Waals surface area contributed by atoms with Gasteiger partial charge in [-0.05, 0) is 19.9 Å². The number of nitriles is 1. The molecule has 1 N–H and O–H groups in total. The Kier molecular flexibility index (Phi) is 3.48. The van der Waals surface area contributed by atoms with E-state index in [0.29, 0.717) is 17.3 Å². The molecule has 1 aromatic heterocycles. The third-order valence-corrected chi connectivity index (χ3v) is 3.28. The van der Waals surface area contributed by atoms with Crippen LogP contribution in [-0.2, 0) is 0 Å². The quantitative estimate of drug-likeness (QED) is 0.854. The number of nitrogens with one attached hydrogen (secondary N) is 1. The molecule has 2 heterocycles. The summed E-state index contributed by atoms with van der Waals surface area (Å²) >= 11 is 0. The van der Waals surface area contributed by atoms with Gasteiger partial charge in [0.1, 0.15) is 23.6 Å². The molecule has 0 spiro atoms. The Bertz CT molecular complexity index is 478. The first kappa shape index (κ1) is 12.8. The molecule has 1 atom stereocenters. The van der Waals surface area contributed by atoms with Crippen LogP contribution in [0.4, 0.5) is 0 Å². The Morgan fingerprint density at radius 3 is 3.00 bits per heavy atom. The third kappa shape index (κ3) is 2.59. The molecular weight excluding hydrogens is 228 g/mol. The fraction of sp³-hybridized carbons (Fsp3) is 0.615. The van der Waals surface area contributed by atoms with Crippen LogP contribution >= 0.6 is 0 Å². The van der Waals surface area contributed by atoms with Crippen LogP contribution < -0.4 is 10.1 Å². The first-order valence-electron chi connectivity index (χ1n) is 6.14. The molecule has 2 rings (SSSR count). The highest BCUT2D eigenvalue weighted by atomic mass is 16.5. The Hall–Kier alpha value is -1.67. The molecule has 0 radical (unpaired) electrons. The van der Waals surface area contributed by atoms with Crippen molar-refractivity contribution in [3.8, 4) is 11.9 Å². The van der Waals surface area contributed by atoms with E-state index in [1.165, 1.54) is 6.20 Å². The average Bonchev–Trinajstić information content (AvgIpc) is 2.32. The van der Waals surface area contributed by atoms with Crippen molar-refractivity contribution < 1.29 is 4.74 Å². The minimum atomic E-state index is 0.0316. The zero-order chi connectivity index (χ0) is 13.2. The second kappa shape index (κ2) is 4.91. The maximum Gasteiger partial charge on any atom is 0.235 e. The number of nitrogens with zero attached hydrogens (tertiary/aromatic N) is 3. The molecule has 18 heavy (non-hydrogen) atoms. The van der Waals surface area contributed by atoms with Gasteiger partial charge in [0, 0.05) is 12.0 Å². The number of hydrogen-bond donors (Lipinski definition) is 1. The number of piperidine rings is 1. The lowest BCUT2D eigenvalue weighted by molar-refractivity contribution is 0.0410. The van der Waals surface area contributed by atoms with E-state index < -0.39 is 0 Å². The standard InChI is InChI=1S/C13H18N4O/c1-9-16-7-10(6-14)12(17-9)18-11-4-5-15-8-13(11,2)3/h7,11,15H,4-5,8H2,1-3H3. The smallest absolute Gasteiger partial charge is 0.235 e. The summed E-state index contributed by atoms with van der Waals surface area (Å²) in [6.07, 6.45) is 2.51. The van der Waals surface area contributed by atoms with E-state index in [4.69, 9.17) is 10.00 Å². The topological polar surface area (TPSA) is 70.8 Å². The number of aromatic nitrogens is 2. The Morgan fingerprint density at radius 2 is 2.33 bits per heavy atom. The molecule has 1 unspecified atom stereocenters. The van der Waals surface area contributed by atoms with E-state index in [9.17, 15) is 0 Å². The van der Waals surface area contributed by atoms with Gasteiger partial charge in [0.05, 0.1) is 6.20 Å². The monoisotopic (exact) mass is 246 g/mol.